The number of hydrogen-bond acceptors (Lipinski definition) is 1. The molecule has 0 aromatic heterocycles. The molecule has 0 amide bonds. The summed E-state index contributed by atoms with van der Waals surface area (Å²) in [6, 6.07) is 0. The largest absolute Gasteiger partial charge is 0.481 e. The second-order valence-corrected chi connectivity index (χ2v) is 2.79. The molecule has 12 heavy (non-hydrogen) atoms. The van der Waals surface area contributed by atoms with Gasteiger partial charge in [0.05, 0.1) is 0 Å². The summed E-state index contributed by atoms with van der Waals surface area (Å²) in [6.45, 7) is 7.11. The SMILES string of the molecule is CC(=O)O.[CH2]CCCCCCC. The molecule has 0 aliphatic carbocycles. The Morgan fingerprint density at radius 2 is 1.67 bits per heavy atom. The van der Waals surface area contributed by atoms with Crippen LogP contribution in [0.2, 0.25) is 0 Å². The first-order chi connectivity index (χ1) is 5.65. The lowest BCUT2D eigenvalue weighted by Crippen LogP contribution is -1.78. The first-order valence-corrected chi connectivity index (χ1v) is 4.63. The minimum absolute atomic E-state index is 0.833. The summed E-state index contributed by atoms with van der Waals surface area (Å²) < 4.78 is 0. The number of carbonyl (C=O) groups is 1. The summed E-state index contributed by atoms with van der Waals surface area (Å²) in [7, 11) is 0. The number of carboxylic acids is 1. The van der Waals surface area contributed by atoms with Gasteiger partial charge in [0.15, 0.2) is 0 Å². The lowest BCUT2D eigenvalue weighted by molar-refractivity contribution is -0.134. The molecule has 2 heteroatoms. The fraction of sp³-hybridized carbons (Fsp3) is 0.800. The molecule has 0 unspecified atom stereocenters. The second-order valence-electron chi connectivity index (χ2n) is 2.79. The van der Waals surface area contributed by atoms with Gasteiger partial charge in [-0.3, -0.25) is 4.79 Å². The maximum atomic E-state index is 9.00. The fourth-order valence-corrected chi connectivity index (χ4v) is 0.780. The normalized spacial score (nSPS) is 8.58. The van der Waals surface area contributed by atoms with Crippen LogP contribution in [0.3, 0.4) is 0 Å². The molecule has 0 aromatic carbocycles. The Morgan fingerprint density at radius 1 is 1.25 bits per heavy atom. The van der Waals surface area contributed by atoms with E-state index in [-0.39, 0.29) is 0 Å². The summed E-state index contributed by atoms with van der Waals surface area (Å²) in [6.07, 6.45) is 7.98. The molecule has 73 valence electrons. The monoisotopic (exact) mass is 173 g/mol. The Labute approximate surface area is 76.0 Å². The molecule has 0 spiro atoms. The highest BCUT2D eigenvalue weighted by atomic mass is 16.4. The van der Waals surface area contributed by atoms with Crippen LogP contribution >= 0.6 is 0 Å². The molecular formula is C10H21O2. The molecule has 0 bridgehead atoms. The van der Waals surface area contributed by atoms with E-state index in [0.29, 0.717) is 0 Å². The molecule has 0 aliphatic heterocycles. The van der Waals surface area contributed by atoms with Gasteiger partial charge in [0.25, 0.3) is 5.97 Å². The summed E-state index contributed by atoms with van der Waals surface area (Å²) >= 11 is 0. The van der Waals surface area contributed by atoms with Gasteiger partial charge >= 0.3 is 0 Å². The van der Waals surface area contributed by atoms with Crippen LogP contribution in [0.1, 0.15) is 52.4 Å². The number of aliphatic carboxylic acids is 1. The molecule has 0 atom stereocenters. The Kier molecular flexibility index (Phi) is 15.3. The van der Waals surface area contributed by atoms with Crippen molar-refractivity contribution in [2.24, 2.45) is 0 Å². The summed E-state index contributed by atoms with van der Waals surface area (Å²) in [5.41, 5.74) is 0. The number of carboxylic acid groups (broad SMARTS) is 1. The smallest absolute Gasteiger partial charge is 0.300 e. The van der Waals surface area contributed by atoms with Crippen LogP contribution in [0.5, 0.6) is 0 Å². The Morgan fingerprint density at radius 3 is 2.00 bits per heavy atom. The third kappa shape index (κ3) is 34.0. The van der Waals surface area contributed by atoms with Crippen molar-refractivity contribution in [1.29, 1.82) is 0 Å². The number of hydrogen-bond donors (Lipinski definition) is 1. The van der Waals surface area contributed by atoms with Crippen LogP contribution in [0.25, 0.3) is 0 Å². The Hall–Kier alpha value is -0.530. The lowest BCUT2D eigenvalue weighted by atomic mass is 10.1. The highest BCUT2D eigenvalue weighted by molar-refractivity contribution is 5.62. The van der Waals surface area contributed by atoms with Crippen LogP contribution in [0, 0.1) is 6.92 Å². The van der Waals surface area contributed by atoms with Crippen LogP contribution in [0.15, 0.2) is 0 Å². The molecule has 1 N–H and O–H groups in total. The highest BCUT2D eigenvalue weighted by Crippen LogP contribution is 2.03. The number of rotatable bonds is 5. The van der Waals surface area contributed by atoms with Gasteiger partial charge in [0.1, 0.15) is 0 Å². The van der Waals surface area contributed by atoms with Crippen LogP contribution in [0.4, 0.5) is 0 Å². The first kappa shape index (κ1) is 14.0. The van der Waals surface area contributed by atoms with Crippen LogP contribution < -0.4 is 0 Å². The lowest BCUT2D eigenvalue weighted by Gasteiger charge is -1.93. The van der Waals surface area contributed by atoms with E-state index < -0.39 is 5.97 Å². The topological polar surface area (TPSA) is 37.3 Å². The minimum atomic E-state index is -0.833. The third-order valence-corrected chi connectivity index (χ3v) is 1.35. The molecule has 0 heterocycles. The average molecular weight is 173 g/mol. The highest BCUT2D eigenvalue weighted by Gasteiger charge is 1.83. The van der Waals surface area contributed by atoms with E-state index in [4.69, 9.17) is 9.90 Å². The van der Waals surface area contributed by atoms with Gasteiger partial charge in [-0.25, -0.2) is 0 Å². The third-order valence-electron chi connectivity index (χ3n) is 1.35. The molecule has 0 aromatic rings. The van der Waals surface area contributed by atoms with Crippen molar-refractivity contribution in [1.82, 2.24) is 0 Å². The predicted molar refractivity (Wildman–Crippen MR) is 52.0 cm³/mol. The molecule has 0 rings (SSSR count). The summed E-state index contributed by atoms with van der Waals surface area (Å²) in [5, 5.41) is 7.42. The molecule has 1 radical (unpaired) electrons. The zero-order chi connectivity index (χ0) is 9.82. The summed E-state index contributed by atoms with van der Waals surface area (Å²) in [5.74, 6) is -0.833. The zero-order valence-corrected chi connectivity index (χ0v) is 8.31. The van der Waals surface area contributed by atoms with E-state index in [9.17, 15) is 0 Å². The molecular weight excluding hydrogens is 152 g/mol. The zero-order valence-electron chi connectivity index (χ0n) is 8.31. The molecule has 0 saturated heterocycles. The van der Waals surface area contributed by atoms with Gasteiger partial charge in [0.2, 0.25) is 0 Å². The van der Waals surface area contributed by atoms with Crippen molar-refractivity contribution in [2.45, 2.75) is 52.4 Å². The van der Waals surface area contributed by atoms with Crippen LogP contribution in [-0.2, 0) is 4.79 Å². The van der Waals surface area contributed by atoms with Gasteiger partial charge < -0.3 is 5.11 Å². The molecule has 2 nitrogen and oxygen atoms in total. The van der Waals surface area contributed by atoms with E-state index in [1.165, 1.54) is 32.1 Å². The van der Waals surface area contributed by atoms with Gasteiger partial charge in [0, 0.05) is 6.92 Å². The molecule has 0 aliphatic rings. The van der Waals surface area contributed by atoms with Crippen molar-refractivity contribution in [2.75, 3.05) is 0 Å². The van der Waals surface area contributed by atoms with E-state index in [1.54, 1.807) is 0 Å². The van der Waals surface area contributed by atoms with Crippen molar-refractivity contribution in [3.8, 4) is 0 Å². The minimum Gasteiger partial charge on any atom is -0.481 e. The van der Waals surface area contributed by atoms with Crippen molar-refractivity contribution in [3.63, 3.8) is 0 Å². The summed E-state index contributed by atoms with van der Waals surface area (Å²) in [4.78, 5) is 9.00. The van der Waals surface area contributed by atoms with E-state index in [1.807, 2.05) is 0 Å². The Balaban J connectivity index is 0. The maximum absolute atomic E-state index is 9.00. The van der Waals surface area contributed by atoms with Crippen LogP contribution in [-0.4, -0.2) is 11.1 Å². The van der Waals surface area contributed by atoms with Gasteiger partial charge in [-0.15, -0.1) is 0 Å². The van der Waals surface area contributed by atoms with Gasteiger partial charge in [-0.05, 0) is 0 Å². The van der Waals surface area contributed by atoms with E-state index in [2.05, 4.69) is 13.8 Å². The standard InChI is InChI=1S/C8H17.C2H4O2/c1-3-5-7-8-6-4-2;1-2(3)4/h1,3-8H2,2H3;1H3,(H,3,4). The van der Waals surface area contributed by atoms with Crippen molar-refractivity contribution >= 4 is 5.97 Å². The first-order valence-electron chi connectivity index (χ1n) is 4.63. The van der Waals surface area contributed by atoms with E-state index in [0.717, 1.165) is 13.3 Å². The molecule has 0 fully saturated rings. The van der Waals surface area contributed by atoms with Crippen molar-refractivity contribution in [3.05, 3.63) is 6.92 Å². The van der Waals surface area contributed by atoms with Crippen molar-refractivity contribution < 1.29 is 9.90 Å². The van der Waals surface area contributed by atoms with Gasteiger partial charge in [-0.2, -0.15) is 0 Å². The number of unbranched alkanes of at least 4 members (excludes halogenated alkanes) is 5. The van der Waals surface area contributed by atoms with E-state index >= 15 is 0 Å². The quantitative estimate of drug-likeness (QED) is 0.648. The van der Waals surface area contributed by atoms with Gasteiger partial charge in [-0.1, -0.05) is 52.4 Å². The second kappa shape index (κ2) is 13.1. The Bertz CT molecular complexity index is 79.8. The average Bonchev–Trinajstić information content (AvgIpc) is 1.97. The predicted octanol–water partition coefficient (Wildman–Crippen LogP) is 3.27. The molecule has 0 saturated carbocycles. The maximum Gasteiger partial charge on any atom is 0.300 e. The fourth-order valence-electron chi connectivity index (χ4n) is 0.780.